The van der Waals surface area contributed by atoms with Crippen LogP contribution in [0.25, 0.3) is 28.4 Å². The van der Waals surface area contributed by atoms with Crippen molar-refractivity contribution in [3.05, 3.63) is 95.2 Å². The van der Waals surface area contributed by atoms with Gasteiger partial charge in [-0.05, 0) is 88.7 Å². The molecule has 0 radical (unpaired) electrons. The summed E-state index contributed by atoms with van der Waals surface area (Å²) in [5, 5.41) is 24.3. The van der Waals surface area contributed by atoms with Gasteiger partial charge in [-0.15, -0.1) is 33.9 Å². The van der Waals surface area contributed by atoms with Gasteiger partial charge in [0.2, 0.25) is 0 Å². The van der Waals surface area contributed by atoms with Gasteiger partial charge in [-0.1, -0.05) is 105 Å². The number of aliphatic hydroxyl groups excluding tert-OH is 1. The minimum absolute atomic E-state index is 0. The zero-order valence-electron chi connectivity index (χ0n) is 34.6. The van der Waals surface area contributed by atoms with Crippen molar-refractivity contribution in [2.24, 2.45) is 23.7 Å². The Hall–Kier alpha value is -3.47. The van der Waals surface area contributed by atoms with Crippen molar-refractivity contribution in [2.75, 3.05) is 13.7 Å². The Bertz CT molecular complexity index is 2050. The number of methoxy groups -OCH3 is 1. The number of aromatic nitrogens is 2. The monoisotopic (exact) mass is 758 g/mol. The third kappa shape index (κ3) is 8.33. The minimum Gasteiger partial charge on any atom is -0.681 e. The number of aliphatic hydroxyl groups is 1. The Morgan fingerprint density at radius 1 is 1.02 bits per heavy atom. The maximum atomic E-state index is 13.5. The van der Waals surface area contributed by atoms with Gasteiger partial charge in [0, 0.05) is 6.42 Å². The van der Waals surface area contributed by atoms with Crippen LogP contribution in [0.5, 0.6) is 0 Å². The number of fused-ring (bicyclic) bond motifs is 8. The Balaban J connectivity index is 0.00000580. The van der Waals surface area contributed by atoms with Crippen LogP contribution < -0.4 is 20.7 Å². The summed E-state index contributed by atoms with van der Waals surface area (Å²) in [5.41, 5.74) is 9.91. The molecule has 1 N–H and O–H groups in total. The topological polar surface area (TPSA) is 129 Å². The Morgan fingerprint density at radius 3 is 2.44 bits per heavy atom. The summed E-state index contributed by atoms with van der Waals surface area (Å²) in [5.74, 6) is -0.232. The molecule has 0 aromatic carbocycles. The van der Waals surface area contributed by atoms with Crippen molar-refractivity contribution in [1.29, 1.82) is 0 Å². The first-order chi connectivity index (χ1) is 25.8. The quantitative estimate of drug-likeness (QED) is 0.140. The van der Waals surface area contributed by atoms with Gasteiger partial charge in [0.15, 0.2) is 0 Å². The number of carbonyl (C=O) groups is 2. The second-order valence-corrected chi connectivity index (χ2v) is 16.1. The summed E-state index contributed by atoms with van der Waals surface area (Å²) >= 11 is 0. The average molecular weight is 759 g/mol. The molecular formula is C45H58MgN4O5-2. The van der Waals surface area contributed by atoms with E-state index in [9.17, 15) is 14.7 Å². The predicted octanol–water partition coefficient (Wildman–Crippen LogP) is 7.04. The molecule has 292 valence electrons. The van der Waals surface area contributed by atoms with Gasteiger partial charge in [0.1, 0.15) is 12.7 Å². The summed E-state index contributed by atoms with van der Waals surface area (Å²) in [4.78, 5) is 37.0. The number of ether oxygens (including phenoxy) is 2. The molecule has 1 aliphatic carbocycles. The van der Waals surface area contributed by atoms with Crippen LogP contribution in [0.15, 0.2) is 40.3 Å². The van der Waals surface area contributed by atoms with Crippen LogP contribution in [0.4, 0.5) is 0 Å². The van der Waals surface area contributed by atoms with Crippen molar-refractivity contribution < 1.29 is 24.2 Å². The van der Waals surface area contributed by atoms with E-state index in [0.29, 0.717) is 34.9 Å². The van der Waals surface area contributed by atoms with Gasteiger partial charge in [-0.2, -0.15) is 5.70 Å². The van der Waals surface area contributed by atoms with Gasteiger partial charge < -0.3 is 35.2 Å². The molecule has 6 rings (SSSR count). The fraction of sp³-hybridized carbons (Fsp3) is 0.556. The maximum absolute atomic E-state index is 13.5. The molecule has 2 unspecified atom stereocenters. The van der Waals surface area contributed by atoms with E-state index in [2.05, 4.69) is 67.5 Å². The van der Waals surface area contributed by atoms with E-state index < -0.39 is 18.1 Å². The molecule has 2 aromatic rings. The minimum atomic E-state index is -1.22. The Kier molecular flexibility index (Phi) is 13.8. The van der Waals surface area contributed by atoms with Gasteiger partial charge >= 0.3 is 35.0 Å². The molecule has 55 heavy (non-hydrogen) atoms. The molecular weight excluding hydrogens is 701 g/mol. The van der Waals surface area contributed by atoms with Crippen LogP contribution in [-0.2, 0) is 25.5 Å². The summed E-state index contributed by atoms with van der Waals surface area (Å²) in [7, 11) is 1.33. The summed E-state index contributed by atoms with van der Waals surface area (Å²) in [6.45, 7) is 19.5. The number of rotatable bonds is 12. The van der Waals surface area contributed by atoms with Crippen LogP contribution >= 0.6 is 0 Å². The maximum Gasteiger partial charge on any atom is 2.00 e. The van der Waals surface area contributed by atoms with Crippen molar-refractivity contribution >= 4 is 52.7 Å². The van der Waals surface area contributed by atoms with Crippen LogP contribution in [0, 0.1) is 37.5 Å². The molecule has 0 amide bonds. The Morgan fingerprint density at radius 2 is 1.76 bits per heavy atom. The van der Waals surface area contributed by atoms with Crippen molar-refractivity contribution in [3.63, 3.8) is 0 Å². The van der Waals surface area contributed by atoms with Gasteiger partial charge in [0.25, 0.3) is 0 Å². The number of hydrogen-bond donors (Lipinski definition) is 1. The smallest absolute Gasteiger partial charge is 0.681 e. The van der Waals surface area contributed by atoms with Crippen molar-refractivity contribution in [3.8, 4) is 0 Å². The van der Waals surface area contributed by atoms with E-state index in [1.807, 2.05) is 19.1 Å². The second kappa shape index (κ2) is 17.8. The molecule has 10 heteroatoms. The van der Waals surface area contributed by atoms with Gasteiger partial charge in [-0.3, -0.25) is 4.79 Å². The normalized spacial score (nSPS) is 26.4. The van der Waals surface area contributed by atoms with E-state index in [1.165, 1.54) is 24.7 Å². The molecule has 1 fully saturated rings. The molecule has 1 saturated heterocycles. The standard InChI is InChI=1S/C45H59N4O5.Mg/c1-11-29-25(6)32-20-34-27(8)31(16-17-38(50)54-19-18-24(5)15-13-14-23(3)4)42(48-34)40-41(45(52)53-10)44(51)39-28(9)35(49-43(39)40)22-37-30(12-2)26(7)33(47-37)21-36(29)46-32;/h18,20-23,27,29,31,36,42,44,51H,11-17,19H2,1-10H3,(H-,47,49,52);/q-3;+2/p-1/b24-18-,33-21-,34-20-;/t27-,29-,31-,36?,42?,44-;/m0./s1. The molecule has 5 heterocycles. The third-order valence-corrected chi connectivity index (χ3v) is 12.3. The van der Waals surface area contributed by atoms with Crippen molar-refractivity contribution in [1.82, 2.24) is 9.97 Å². The molecule has 6 atom stereocenters. The predicted molar refractivity (Wildman–Crippen MR) is 219 cm³/mol. The van der Waals surface area contributed by atoms with Gasteiger partial charge in [0.05, 0.1) is 12.7 Å². The summed E-state index contributed by atoms with van der Waals surface area (Å²) in [6.07, 6.45) is 12.8. The largest absolute Gasteiger partial charge is 2.00 e. The number of hydrogen-bond acceptors (Lipinski definition) is 5. The zero-order valence-corrected chi connectivity index (χ0v) is 36.0. The van der Waals surface area contributed by atoms with E-state index in [-0.39, 0.29) is 71.4 Å². The third-order valence-electron chi connectivity index (χ3n) is 12.3. The SMILES string of the molecule is CCc1c(C)/c2[n-]/c1=C\c1[n-]c3c(c1C)[C@H](O)C(C(=O)OC)=C3C1[N-]/C(=C\C3=C(C)[C@H](CC)C(\C=2)[N-]3)[C@@H](C)[C@@H]1CCC(=O)OC/C=C(/C)CCCC(C)C.[Mg+2]. The number of nitrogens with zero attached hydrogens (tertiary/aromatic N) is 4. The average Bonchev–Trinajstić information content (AvgIpc) is 3.87. The zero-order chi connectivity index (χ0) is 39.0. The van der Waals surface area contributed by atoms with Crippen LogP contribution in [0.2, 0.25) is 0 Å². The second-order valence-electron chi connectivity index (χ2n) is 16.1. The van der Waals surface area contributed by atoms with Crippen LogP contribution in [0.3, 0.4) is 0 Å². The van der Waals surface area contributed by atoms with E-state index >= 15 is 0 Å². The number of allylic oxidation sites excluding steroid dienone is 3. The Labute approximate surface area is 343 Å². The first-order valence-corrected chi connectivity index (χ1v) is 20.0. The first kappa shape index (κ1) is 42.7. The summed E-state index contributed by atoms with van der Waals surface area (Å²) in [6, 6.07) is -0.606. The van der Waals surface area contributed by atoms with E-state index in [1.54, 1.807) is 0 Å². The first-order valence-electron chi connectivity index (χ1n) is 20.0. The molecule has 0 spiro atoms. The molecule has 2 aromatic heterocycles. The van der Waals surface area contributed by atoms with Crippen molar-refractivity contribution in [2.45, 2.75) is 125 Å². The molecule has 9 nitrogen and oxygen atoms in total. The summed E-state index contributed by atoms with van der Waals surface area (Å²) < 4.78 is 11.0. The van der Waals surface area contributed by atoms with Crippen LogP contribution in [-0.4, -0.2) is 65.9 Å². The fourth-order valence-electron chi connectivity index (χ4n) is 9.00. The van der Waals surface area contributed by atoms with Crippen LogP contribution in [0.1, 0.15) is 127 Å². The van der Waals surface area contributed by atoms with Gasteiger partial charge in [-0.25, -0.2) is 4.79 Å². The molecule has 4 aliphatic rings. The number of carbonyl (C=O) groups excluding carboxylic acids is 2. The van der Waals surface area contributed by atoms with E-state index in [0.717, 1.165) is 64.5 Å². The number of esters is 2. The van der Waals surface area contributed by atoms with E-state index in [4.69, 9.17) is 30.1 Å². The molecule has 0 saturated carbocycles. The fourth-order valence-corrected chi connectivity index (χ4v) is 9.00. The molecule has 3 aliphatic heterocycles. The molecule has 8 bridgehead atoms.